The zero-order valence-electron chi connectivity index (χ0n) is 17.2. The van der Waals surface area contributed by atoms with Crippen molar-refractivity contribution >= 4 is 17.0 Å². The Kier molecular flexibility index (Phi) is 5.97. The molecule has 10 heteroatoms. The van der Waals surface area contributed by atoms with Gasteiger partial charge in [-0.2, -0.15) is 13.2 Å². The Balaban J connectivity index is 1.52. The molecule has 3 aromatic heterocycles. The van der Waals surface area contributed by atoms with Crippen LogP contribution in [0.2, 0.25) is 0 Å². The molecular formula is C21H24F3N5O2. The first-order chi connectivity index (χ1) is 14.9. The summed E-state index contributed by atoms with van der Waals surface area (Å²) in [5.41, 5.74) is -0.311. The van der Waals surface area contributed by atoms with Gasteiger partial charge in [-0.05, 0) is 31.7 Å². The van der Waals surface area contributed by atoms with Crippen LogP contribution in [0.3, 0.4) is 0 Å². The van der Waals surface area contributed by atoms with E-state index in [0.29, 0.717) is 57.4 Å². The maximum atomic E-state index is 13.8. The fourth-order valence-corrected chi connectivity index (χ4v) is 4.12. The van der Waals surface area contributed by atoms with Crippen LogP contribution in [0.5, 0.6) is 0 Å². The van der Waals surface area contributed by atoms with Gasteiger partial charge in [-0.15, -0.1) is 0 Å². The average Bonchev–Trinajstić information content (AvgIpc) is 3.42. The monoisotopic (exact) mass is 435 g/mol. The van der Waals surface area contributed by atoms with E-state index in [4.69, 9.17) is 4.52 Å². The molecule has 1 aliphatic heterocycles. The summed E-state index contributed by atoms with van der Waals surface area (Å²) in [7, 11) is 0. The number of hydrogen-bond donors (Lipinski definition) is 0. The molecule has 0 N–H and O–H groups in total. The number of aryl methyl sites for hydroxylation is 2. The molecule has 3 aromatic rings. The van der Waals surface area contributed by atoms with Gasteiger partial charge in [0, 0.05) is 50.1 Å². The Bertz CT molecular complexity index is 1050. The third-order valence-electron chi connectivity index (χ3n) is 5.72. The second-order valence-corrected chi connectivity index (χ2v) is 7.84. The smallest absolute Gasteiger partial charge is 0.342 e. The van der Waals surface area contributed by atoms with Gasteiger partial charge >= 0.3 is 6.18 Å². The van der Waals surface area contributed by atoms with Crippen molar-refractivity contribution in [1.29, 1.82) is 0 Å². The standard InChI is InChI=1S/C21H24F3N5O2/c1-2-15-11-16(21(22,23)24)18-19(27-31-20(18)26-15)14-5-3-9-29(12-14)17(30)6-4-8-28-10-7-25-13-28/h7,10-11,13-14H,2-6,8-9,12H2,1H3/t14-/m1/s1. The van der Waals surface area contributed by atoms with Gasteiger partial charge in [0.25, 0.3) is 5.71 Å². The largest absolute Gasteiger partial charge is 0.417 e. The number of imidazole rings is 1. The van der Waals surface area contributed by atoms with Crippen LogP contribution >= 0.6 is 0 Å². The quantitative estimate of drug-likeness (QED) is 0.580. The fourth-order valence-electron chi connectivity index (χ4n) is 4.12. The van der Waals surface area contributed by atoms with E-state index in [9.17, 15) is 18.0 Å². The number of piperidine rings is 1. The number of fused-ring (bicyclic) bond motifs is 1. The highest BCUT2D eigenvalue weighted by Gasteiger charge is 2.38. The molecule has 166 valence electrons. The molecule has 0 bridgehead atoms. The van der Waals surface area contributed by atoms with Gasteiger partial charge in [-0.25, -0.2) is 9.97 Å². The number of carbonyl (C=O) groups excluding carboxylic acids is 1. The molecular weight excluding hydrogens is 411 g/mol. The number of nitrogens with zero attached hydrogens (tertiary/aromatic N) is 5. The number of hydrogen-bond acceptors (Lipinski definition) is 5. The molecule has 31 heavy (non-hydrogen) atoms. The fraction of sp³-hybridized carbons (Fsp3) is 0.524. The van der Waals surface area contributed by atoms with Gasteiger partial charge in [0.2, 0.25) is 5.91 Å². The van der Waals surface area contributed by atoms with E-state index < -0.39 is 11.7 Å². The van der Waals surface area contributed by atoms with Crippen LogP contribution < -0.4 is 0 Å². The molecule has 1 amide bonds. The SMILES string of the molecule is CCc1cc(C(F)(F)F)c2c([C@@H]3CCCN(C(=O)CCCn4ccnc4)C3)noc2n1. The van der Waals surface area contributed by atoms with Crippen LogP contribution in [0.15, 0.2) is 29.3 Å². The number of likely N-dealkylation sites (tertiary alicyclic amines) is 1. The van der Waals surface area contributed by atoms with Crippen LogP contribution in [0.25, 0.3) is 11.1 Å². The predicted octanol–water partition coefficient (Wildman–Crippen LogP) is 4.19. The molecule has 0 aromatic carbocycles. The molecule has 7 nitrogen and oxygen atoms in total. The lowest BCUT2D eigenvalue weighted by molar-refractivity contribution is -0.136. The Morgan fingerprint density at radius 3 is 2.90 bits per heavy atom. The Hall–Kier alpha value is -2.91. The summed E-state index contributed by atoms with van der Waals surface area (Å²) >= 11 is 0. The van der Waals surface area contributed by atoms with Crippen molar-refractivity contribution in [2.24, 2.45) is 0 Å². The number of rotatable bonds is 6. The summed E-state index contributed by atoms with van der Waals surface area (Å²) in [5, 5.41) is 3.89. The van der Waals surface area contributed by atoms with E-state index in [1.807, 2.05) is 10.8 Å². The predicted molar refractivity (Wildman–Crippen MR) is 106 cm³/mol. The molecule has 1 saturated heterocycles. The Morgan fingerprint density at radius 2 is 2.19 bits per heavy atom. The van der Waals surface area contributed by atoms with E-state index >= 15 is 0 Å². The number of halogens is 3. The first kappa shape index (κ1) is 21.3. The maximum Gasteiger partial charge on any atom is 0.417 e. The van der Waals surface area contributed by atoms with Crippen molar-refractivity contribution in [3.05, 3.63) is 41.7 Å². The van der Waals surface area contributed by atoms with Gasteiger partial charge in [-0.3, -0.25) is 4.79 Å². The third-order valence-corrected chi connectivity index (χ3v) is 5.72. The third kappa shape index (κ3) is 4.57. The second kappa shape index (κ2) is 8.68. The molecule has 1 fully saturated rings. The molecule has 4 rings (SSSR count). The number of amides is 1. The summed E-state index contributed by atoms with van der Waals surface area (Å²) in [6.45, 7) is 3.36. The highest BCUT2D eigenvalue weighted by Crippen LogP contribution is 2.40. The minimum atomic E-state index is -4.54. The minimum Gasteiger partial charge on any atom is -0.342 e. The molecule has 0 spiro atoms. The Labute approximate surface area is 177 Å². The lowest BCUT2D eigenvalue weighted by Crippen LogP contribution is -2.39. The van der Waals surface area contributed by atoms with Crippen molar-refractivity contribution in [1.82, 2.24) is 24.6 Å². The van der Waals surface area contributed by atoms with Crippen LogP contribution in [-0.4, -0.2) is 43.6 Å². The van der Waals surface area contributed by atoms with Gasteiger partial charge in [0.1, 0.15) is 0 Å². The van der Waals surface area contributed by atoms with Crippen LogP contribution in [-0.2, 0) is 23.9 Å². The highest BCUT2D eigenvalue weighted by atomic mass is 19.4. The lowest BCUT2D eigenvalue weighted by atomic mass is 9.91. The maximum absolute atomic E-state index is 13.8. The van der Waals surface area contributed by atoms with Crippen molar-refractivity contribution in [2.45, 2.75) is 57.7 Å². The van der Waals surface area contributed by atoms with E-state index in [0.717, 1.165) is 6.07 Å². The van der Waals surface area contributed by atoms with Gasteiger partial charge in [-0.1, -0.05) is 12.1 Å². The first-order valence-corrected chi connectivity index (χ1v) is 10.5. The van der Waals surface area contributed by atoms with Crippen molar-refractivity contribution in [2.75, 3.05) is 13.1 Å². The summed E-state index contributed by atoms with van der Waals surface area (Å²) in [4.78, 5) is 22.6. The lowest BCUT2D eigenvalue weighted by Gasteiger charge is -2.32. The average molecular weight is 435 g/mol. The zero-order valence-corrected chi connectivity index (χ0v) is 17.2. The molecule has 0 aliphatic carbocycles. The van der Waals surface area contributed by atoms with Gasteiger partial charge < -0.3 is 14.0 Å². The van der Waals surface area contributed by atoms with Crippen LogP contribution in [0.4, 0.5) is 13.2 Å². The molecule has 1 aliphatic rings. The molecule has 4 heterocycles. The van der Waals surface area contributed by atoms with Crippen molar-refractivity contribution in [3.8, 4) is 0 Å². The van der Waals surface area contributed by atoms with E-state index in [2.05, 4.69) is 15.1 Å². The van der Waals surface area contributed by atoms with E-state index in [1.165, 1.54) is 0 Å². The minimum absolute atomic E-state index is 0.0000508. The van der Waals surface area contributed by atoms with E-state index in [1.54, 1.807) is 24.3 Å². The normalized spacial score (nSPS) is 17.4. The molecule has 0 saturated carbocycles. The zero-order chi connectivity index (χ0) is 22.0. The van der Waals surface area contributed by atoms with Crippen molar-refractivity contribution < 1.29 is 22.5 Å². The number of alkyl halides is 3. The summed E-state index contributed by atoms with van der Waals surface area (Å²) in [6.07, 6.45) is 3.45. The number of carbonyl (C=O) groups is 1. The molecule has 1 atom stereocenters. The van der Waals surface area contributed by atoms with Gasteiger partial charge in [0.15, 0.2) is 0 Å². The molecule has 0 unspecified atom stereocenters. The van der Waals surface area contributed by atoms with Crippen LogP contribution in [0, 0.1) is 0 Å². The number of aromatic nitrogens is 4. The topological polar surface area (TPSA) is 77.0 Å². The van der Waals surface area contributed by atoms with Gasteiger partial charge in [0.05, 0.1) is 23.0 Å². The van der Waals surface area contributed by atoms with Crippen molar-refractivity contribution in [3.63, 3.8) is 0 Å². The summed E-state index contributed by atoms with van der Waals surface area (Å²) in [5.74, 6) is -0.317. The summed E-state index contributed by atoms with van der Waals surface area (Å²) < 4.78 is 48.4. The molecule has 0 radical (unpaired) electrons. The highest BCUT2D eigenvalue weighted by molar-refractivity contribution is 5.82. The van der Waals surface area contributed by atoms with Crippen LogP contribution in [0.1, 0.15) is 55.5 Å². The van der Waals surface area contributed by atoms with E-state index in [-0.39, 0.29) is 28.6 Å². The second-order valence-electron chi connectivity index (χ2n) is 7.84. The number of pyridine rings is 1. The Morgan fingerprint density at radius 1 is 1.35 bits per heavy atom. The summed E-state index contributed by atoms with van der Waals surface area (Å²) in [6, 6.07) is 1.07. The first-order valence-electron chi connectivity index (χ1n) is 10.5.